The van der Waals surface area contributed by atoms with Crippen molar-refractivity contribution in [3.05, 3.63) is 59.1 Å². The summed E-state index contributed by atoms with van der Waals surface area (Å²) < 4.78 is 31.9. The fourth-order valence-corrected chi connectivity index (χ4v) is 3.19. The van der Waals surface area contributed by atoms with Crippen molar-refractivity contribution in [1.29, 1.82) is 0 Å². The summed E-state index contributed by atoms with van der Waals surface area (Å²) in [7, 11) is -3.63. The molecule has 2 N–H and O–H groups in total. The number of carbonyl (C=O) groups excluding carboxylic acids is 1. The Morgan fingerprint density at radius 3 is 2.28 bits per heavy atom. The van der Waals surface area contributed by atoms with E-state index in [0.29, 0.717) is 22.9 Å². The summed E-state index contributed by atoms with van der Waals surface area (Å²) in [6.07, 6.45) is 0. The molecule has 0 spiro atoms. The summed E-state index contributed by atoms with van der Waals surface area (Å²) in [5, 5.41) is 3.12. The van der Waals surface area contributed by atoms with Gasteiger partial charge in [0.15, 0.2) is 0 Å². The van der Waals surface area contributed by atoms with Crippen LogP contribution in [0.2, 0.25) is 5.02 Å². The van der Waals surface area contributed by atoms with Crippen molar-refractivity contribution in [3.8, 4) is 5.75 Å². The maximum absolute atomic E-state index is 12.1. The van der Waals surface area contributed by atoms with Gasteiger partial charge in [-0.15, -0.1) is 0 Å². The van der Waals surface area contributed by atoms with Crippen LogP contribution in [0.25, 0.3) is 0 Å². The molecule has 2 aromatic rings. The van der Waals surface area contributed by atoms with Gasteiger partial charge in [-0.1, -0.05) is 11.6 Å². The summed E-state index contributed by atoms with van der Waals surface area (Å²) in [5.74, 6) is 0.406. The topological polar surface area (TPSA) is 84.5 Å². The van der Waals surface area contributed by atoms with Gasteiger partial charge in [-0.25, -0.2) is 13.1 Å². The maximum Gasteiger partial charge on any atom is 0.251 e. The minimum absolute atomic E-state index is 0.0771. The lowest BCUT2D eigenvalue weighted by molar-refractivity contribution is 0.0954. The van der Waals surface area contributed by atoms with Crippen molar-refractivity contribution < 1.29 is 17.9 Å². The minimum Gasteiger partial charge on any atom is -0.494 e. The van der Waals surface area contributed by atoms with Crippen LogP contribution in [0.3, 0.4) is 0 Å². The van der Waals surface area contributed by atoms with E-state index in [1.165, 1.54) is 24.3 Å². The average Bonchev–Trinajstić information content (AvgIpc) is 2.60. The third-order valence-electron chi connectivity index (χ3n) is 3.25. The minimum atomic E-state index is -3.63. The number of nitrogens with one attached hydrogen (secondary N) is 2. The number of ether oxygens (including phenoxy) is 1. The molecule has 2 aromatic carbocycles. The molecule has 0 aliphatic carbocycles. The number of amides is 1. The average molecular weight is 383 g/mol. The zero-order valence-electron chi connectivity index (χ0n) is 13.7. The van der Waals surface area contributed by atoms with E-state index in [1.807, 2.05) is 6.92 Å². The number of hydrogen-bond acceptors (Lipinski definition) is 4. The van der Waals surface area contributed by atoms with Gasteiger partial charge >= 0.3 is 0 Å². The Hall–Kier alpha value is -2.09. The highest BCUT2D eigenvalue weighted by Gasteiger charge is 2.13. The Morgan fingerprint density at radius 1 is 1.04 bits per heavy atom. The SMILES string of the molecule is CCOc1ccc(C(=O)NCCNS(=O)(=O)c2ccc(Cl)cc2)cc1. The molecule has 6 nitrogen and oxygen atoms in total. The van der Waals surface area contributed by atoms with Crippen molar-refractivity contribution in [2.24, 2.45) is 0 Å². The molecule has 0 aliphatic heterocycles. The van der Waals surface area contributed by atoms with E-state index < -0.39 is 10.0 Å². The van der Waals surface area contributed by atoms with Crippen molar-refractivity contribution in [2.45, 2.75) is 11.8 Å². The van der Waals surface area contributed by atoms with Crippen molar-refractivity contribution in [3.63, 3.8) is 0 Å². The lowest BCUT2D eigenvalue weighted by Gasteiger charge is -2.09. The number of rotatable bonds is 8. The van der Waals surface area contributed by atoms with E-state index in [9.17, 15) is 13.2 Å². The second kappa shape index (κ2) is 8.84. The second-order valence-corrected chi connectivity index (χ2v) is 7.27. The van der Waals surface area contributed by atoms with Crippen LogP contribution in [-0.2, 0) is 10.0 Å². The smallest absolute Gasteiger partial charge is 0.251 e. The predicted octanol–water partition coefficient (Wildman–Crippen LogP) is 2.45. The van der Waals surface area contributed by atoms with Crippen LogP contribution in [0.15, 0.2) is 53.4 Å². The molecule has 25 heavy (non-hydrogen) atoms. The van der Waals surface area contributed by atoms with Crippen LogP contribution < -0.4 is 14.8 Å². The summed E-state index contributed by atoms with van der Waals surface area (Å²) in [5.41, 5.74) is 0.476. The Bertz CT molecular complexity index is 806. The van der Waals surface area contributed by atoms with E-state index in [-0.39, 0.29) is 23.9 Å². The van der Waals surface area contributed by atoms with Crippen molar-refractivity contribution >= 4 is 27.5 Å². The van der Waals surface area contributed by atoms with E-state index in [1.54, 1.807) is 24.3 Å². The Labute approximate surface area is 152 Å². The first-order chi connectivity index (χ1) is 11.9. The molecule has 0 aromatic heterocycles. The van der Waals surface area contributed by atoms with Crippen LogP contribution in [0.1, 0.15) is 17.3 Å². The monoisotopic (exact) mass is 382 g/mol. The standard InChI is InChI=1S/C17H19ClN2O4S/c1-2-24-15-7-3-13(4-8-15)17(21)19-11-12-20-25(22,23)16-9-5-14(18)6-10-16/h3-10,20H,2,11-12H2,1H3,(H,19,21). The van der Waals surface area contributed by atoms with Gasteiger partial charge in [0.05, 0.1) is 11.5 Å². The van der Waals surface area contributed by atoms with E-state index in [2.05, 4.69) is 10.0 Å². The highest BCUT2D eigenvalue weighted by molar-refractivity contribution is 7.89. The van der Waals surface area contributed by atoms with Crippen LogP contribution in [0, 0.1) is 0 Å². The van der Waals surface area contributed by atoms with Gasteiger partial charge in [0.2, 0.25) is 10.0 Å². The molecule has 0 unspecified atom stereocenters. The van der Waals surface area contributed by atoms with Crippen LogP contribution in [0.5, 0.6) is 5.75 Å². The number of hydrogen-bond donors (Lipinski definition) is 2. The molecule has 0 fully saturated rings. The lowest BCUT2D eigenvalue weighted by atomic mass is 10.2. The summed E-state index contributed by atoms with van der Waals surface area (Å²) in [4.78, 5) is 12.1. The molecular formula is C17H19ClN2O4S. The van der Waals surface area contributed by atoms with E-state index in [4.69, 9.17) is 16.3 Å². The highest BCUT2D eigenvalue weighted by Crippen LogP contribution is 2.14. The number of benzene rings is 2. The van der Waals surface area contributed by atoms with Gasteiger partial charge in [-0.2, -0.15) is 0 Å². The molecule has 8 heteroatoms. The molecule has 0 heterocycles. The van der Waals surface area contributed by atoms with Gasteiger partial charge in [0.25, 0.3) is 5.91 Å². The van der Waals surface area contributed by atoms with Gasteiger partial charge in [-0.05, 0) is 55.5 Å². The van der Waals surface area contributed by atoms with Crippen LogP contribution >= 0.6 is 11.6 Å². The third-order valence-corrected chi connectivity index (χ3v) is 4.98. The Morgan fingerprint density at radius 2 is 1.68 bits per heavy atom. The molecule has 0 saturated carbocycles. The Kier molecular flexibility index (Phi) is 6.81. The van der Waals surface area contributed by atoms with E-state index >= 15 is 0 Å². The molecular weight excluding hydrogens is 364 g/mol. The summed E-state index contributed by atoms with van der Waals surface area (Å²) >= 11 is 5.74. The molecule has 0 bridgehead atoms. The number of sulfonamides is 1. The predicted molar refractivity (Wildman–Crippen MR) is 96.6 cm³/mol. The number of carbonyl (C=O) groups is 1. The summed E-state index contributed by atoms with van der Waals surface area (Å²) in [6.45, 7) is 2.68. The highest BCUT2D eigenvalue weighted by atomic mass is 35.5. The first kappa shape index (κ1) is 19.2. The van der Waals surface area contributed by atoms with Crippen molar-refractivity contribution in [2.75, 3.05) is 19.7 Å². The maximum atomic E-state index is 12.1. The van der Waals surface area contributed by atoms with E-state index in [0.717, 1.165) is 0 Å². The molecule has 0 aliphatic rings. The third kappa shape index (κ3) is 5.74. The zero-order valence-corrected chi connectivity index (χ0v) is 15.2. The Balaban J connectivity index is 1.81. The normalized spacial score (nSPS) is 11.1. The molecule has 0 atom stereocenters. The molecule has 0 radical (unpaired) electrons. The van der Waals surface area contributed by atoms with Gasteiger partial charge in [-0.3, -0.25) is 4.79 Å². The second-order valence-electron chi connectivity index (χ2n) is 5.06. The van der Waals surface area contributed by atoms with Gasteiger partial charge < -0.3 is 10.1 Å². The van der Waals surface area contributed by atoms with Gasteiger partial charge in [0, 0.05) is 23.7 Å². The molecule has 0 saturated heterocycles. The van der Waals surface area contributed by atoms with Crippen LogP contribution in [0.4, 0.5) is 0 Å². The zero-order chi connectivity index (χ0) is 18.3. The largest absolute Gasteiger partial charge is 0.494 e. The molecule has 134 valence electrons. The van der Waals surface area contributed by atoms with Crippen LogP contribution in [-0.4, -0.2) is 34.0 Å². The van der Waals surface area contributed by atoms with Crippen molar-refractivity contribution in [1.82, 2.24) is 10.0 Å². The van der Waals surface area contributed by atoms with Gasteiger partial charge in [0.1, 0.15) is 5.75 Å². The summed E-state index contributed by atoms with van der Waals surface area (Å²) in [6, 6.07) is 12.6. The molecule has 2 rings (SSSR count). The number of halogens is 1. The lowest BCUT2D eigenvalue weighted by Crippen LogP contribution is -2.34. The quantitative estimate of drug-likeness (QED) is 0.687. The fourth-order valence-electron chi connectivity index (χ4n) is 2.03. The first-order valence-corrected chi connectivity index (χ1v) is 9.55. The first-order valence-electron chi connectivity index (χ1n) is 7.68. The molecule has 1 amide bonds. The fraction of sp³-hybridized carbons (Fsp3) is 0.235.